The van der Waals surface area contributed by atoms with E-state index in [-0.39, 0.29) is 22.1 Å². The molecule has 1 amide bonds. The molecule has 1 N–H and O–H groups in total. The second-order valence-electron chi connectivity index (χ2n) is 8.99. The first-order valence-corrected chi connectivity index (χ1v) is 13.2. The molecule has 0 aromatic carbocycles. The van der Waals surface area contributed by atoms with Gasteiger partial charge in [-0.05, 0) is 25.3 Å². The van der Waals surface area contributed by atoms with E-state index < -0.39 is 9.84 Å². The van der Waals surface area contributed by atoms with Crippen molar-refractivity contribution in [3.8, 4) is 0 Å². The third-order valence-corrected chi connectivity index (χ3v) is 8.46. The highest BCUT2D eigenvalue weighted by molar-refractivity contribution is 7.91. The lowest BCUT2D eigenvalue weighted by atomic mass is 10.1. The number of rotatable bonds is 8. The fourth-order valence-electron chi connectivity index (χ4n) is 4.66. The Morgan fingerprint density at radius 3 is 2.88 bits per heavy atom. The van der Waals surface area contributed by atoms with Crippen LogP contribution in [0.1, 0.15) is 39.0 Å². The van der Waals surface area contributed by atoms with Crippen LogP contribution in [-0.2, 0) is 21.2 Å². The Morgan fingerprint density at radius 2 is 2.09 bits per heavy atom. The highest BCUT2D eigenvalue weighted by Gasteiger charge is 2.53. The second-order valence-corrected chi connectivity index (χ2v) is 11.1. The van der Waals surface area contributed by atoms with Crippen molar-refractivity contribution in [3.63, 3.8) is 0 Å². The van der Waals surface area contributed by atoms with Crippen LogP contribution >= 0.6 is 0 Å². The van der Waals surface area contributed by atoms with Gasteiger partial charge < -0.3 is 14.8 Å². The standard InChI is InChI=1S/C22H29N7O3S/c1-2-3-12-33(31,32)17-13-26-28(14-17)9-5-19(30)29-11-10-27(15-22(29)6-7-22)21-18-4-8-23-20(18)24-16-25-21/h4,8,13-14,16H,2-3,5-7,9-12,15H2,1H3,(H,23,24,25). The predicted octanol–water partition coefficient (Wildman–Crippen LogP) is 2.00. The third kappa shape index (κ3) is 4.21. The Bertz CT molecular complexity index is 1260. The fourth-order valence-corrected chi connectivity index (χ4v) is 6.05. The van der Waals surface area contributed by atoms with Crippen LogP contribution in [0.25, 0.3) is 11.0 Å². The molecular weight excluding hydrogens is 442 g/mol. The van der Waals surface area contributed by atoms with E-state index in [4.69, 9.17) is 0 Å². The number of nitrogens with one attached hydrogen (secondary N) is 1. The van der Waals surface area contributed by atoms with E-state index in [9.17, 15) is 13.2 Å². The normalized spacial score (nSPS) is 17.7. The molecule has 176 valence electrons. The van der Waals surface area contributed by atoms with Crippen molar-refractivity contribution in [1.82, 2.24) is 29.6 Å². The van der Waals surface area contributed by atoms with Gasteiger partial charge in [0.1, 0.15) is 22.7 Å². The summed E-state index contributed by atoms with van der Waals surface area (Å²) in [5.41, 5.74) is 0.681. The first-order chi connectivity index (χ1) is 15.9. The van der Waals surface area contributed by atoms with Crippen LogP contribution in [0.3, 0.4) is 0 Å². The largest absolute Gasteiger partial charge is 0.352 e. The number of piperazine rings is 1. The Kier molecular flexibility index (Phi) is 5.59. The Labute approximate surface area is 192 Å². The molecule has 0 radical (unpaired) electrons. The number of carbonyl (C=O) groups excluding carboxylic acids is 1. The lowest BCUT2D eigenvalue weighted by molar-refractivity contribution is -0.135. The highest BCUT2D eigenvalue weighted by atomic mass is 32.2. The monoisotopic (exact) mass is 471 g/mol. The van der Waals surface area contributed by atoms with E-state index in [1.54, 1.807) is 17.2 Å². The number of hydrogen-bond donors (Lipinski definition) is 1. The summed E-state index contributed by atoms with van der Waals surface area (Å²) in [4.78, 5) is 29.5. The summed E-state index contributed by atoms with van der Waals surface area (Å²) in [6.45, 7) is 4.45. The molecule has 1 saturated heterocycles. The topological polar surface area (TPSA) is 117 Å². The zero-order chi connectivity index (χ0) is 23.1. The molecule has 0 atom stereocenters. The lowest BCUT2D eigenvalue weighted by Gasteiger charge is -2.43. The number of nitrogens with zero attached hydrogens (tertiary/aromatic N) is 6. The number of fused-ring (bicyclic) bond motifs is 1. The Morgan fingerprint density at radius 1 is 1.24 bits per heavy atom. The molecule has 3 aromatic rings. The van der Waals surface area contributed by atoms with Crippen LogP contribution < -0.4 is 4.90 Å². The number of aromatic amines is 1. The quantitative estimate of drug-likeness (QED) is 0.534. The van der Waals surface area contributed by atoms with Gasteiger partial charge >= 0.3 is 0 Å². The molecule has 2 fully saturated rings. The fraction of sp³-hybridized carbons (Fsp3) is 0.545. The summed E-state index contributed by atoms with van der Waals surface area (Å²) in [7, 11) is -3.31. The number of hydrogen-bond acceptors (Lipinski definition) is 7. The van der Waals surface area contributed by atoms with Crippen molar-refractivity contribution in [3.05, 3.63) is 31.0 Å². The van der Waals surface area contributed by atoms with Gasteiger partial charge in [0, 0.05) is 45.0 Å². The molecule has 33 heavy (non-hydrogen) atoms. The van der Waals surface area contributed by atoms with Gasteiger partial charge in [-0.3, -0.25) is 9.48 Å². The molecular formula is C22H29N7O3S. The molecule has 0 unspecified atom stereocenters. The lowest BCUT2D eigenvalue weighted by Crippen LogP contribution is -2.57. The Hall–Kier alpha value is -2.95. The van der Waals surface area contributed by atoms with Crippen LogP contribution in [0.4, 0.5) is 5.82 Å². The van der Waals surface area contributed by atoms with Crippen LogP contribution in [0.2, 0.25) is 0 Å². The maximum absolute atomic E-state index is 13.1. The number of amides is 1. The summed E-state index contributed by atoms with van der Waals surface area (Å²) >= 11 is 0. The minimum Gasteiger partial charge on any atom is -0.352 e. The van der Waals surface area contributed by atoms with Gasteiger partial charge in [0.05, 0.1) is 22.9 Å². The van der Waals surface area contributed by atoms with Gasteiger partial charge in [-0.15, -0.1) is 0 Å². The molecule has 0 bridgehead atoms. The number of unbranched alkanes of at least 4 members (excludes halogenated alkanes) is 1. The minimum atomic E-state index is -3.31. The summed E-state index contributed by atoms with van der Waals surface area (Å²) < 4.78 is 26.3. The van der Waals surface area contributed by atoms with Crippen molar-refractivity contribution in [2.24, 2.45) is 0 Å². The van der Waals surface area contributed by atoms with Gasteiger partial charge in [0.15, 0.2) is 9.84 Å². The first kappa shape index (κ1) is 21.9. The average Bonchev–Trinajstić information content (AvgIpc) is 3.21. The summed E-state index contributed by atoms with van der Waals surface area (Å²) in [6.07, 6.45) is 10.1. The van der Waals surface area contributed by atoms with E-state index >= 15 is 0 Å². The number of carbonyl (C=O) groups is 1. The van der Waals surface area contributed by atoms with Crippen molar-refractivity contribution in [2.45, 2.75) is 56.0 Å². The maximum Gasteiger partial charge on any atom is 0.225 e. The predicted molar refractivity (Wildman–Crippen MR) is 124 cm³/mol. The smallest absolute Gasteiger partial charge is 0.225 e. The second kappa shape index (κ2) is 8.44. The molecule has 2 aliphatic rings. The van der Waals surface area contributed by atoms with E-state index in [0.29, 0.717) is 32.5 Å². The summed E-state index contributed by atoms with van der Waals surface area (Å²) in [5, 5.41) is 5.17. The summed E-state index contributed by atoms with van der Waals surface area (Å²) in [5.74, 6) is 1.13. The number of aromatic nitrogens is 5. The molecule has 1 spiro atoms. The zero-order valence-corrected chi connectivity index (χ0v) is 19.6. The molecule has 11 heteroatoms. The van der Waals surface area contributed by atoms with E-state index in [1.165, 1.54) is 6.20 Å². The van der Waals surface area contributed by atoms with E-state index in [0.717, 1.165) is 42.7 Å². The van der Waals surface area contributed by atoms with Crippen molar-refractivity contribution >= 4 is 32.6 Å². The number of H-pyrrole nitrogens is 1. The van der Waals surface area contributed by atoms with Gasteiger partial charge in [0.25, 0.3) is 0 Å². The van der Waals surface area contributed by atoms with E-state index in [1.807, 2.05) is 24.1 Å². The minimum absolute atomic E-state index is 0.0903. The third-order valence-electron chi connectivity index (χ3n) is 6.70. The molecule has 5 rings (SSSR count). The van der Waals surface area contributed by atoms with Crippen LogP contribution in [-0.4, -0.2) is 74.9 Å². The molecule has 1 aliphatic carbocycles. The average molecular weight is 472 g/mol. The molecule has 1 aliphatic heterocycles. The molecule has 1 saturated carbocycles. The SMILES string of the molecule is CCCCS(=O)(=O)c1cnn(CCC(=O)N2CCN(c3ncnc4[nH]ccc34)CC23CC3)c1. The highest BCUT2D eigenvalue weighted by Crippen LogP contribution is 2.45. The van der Waals surface area contributed by atoms with Crippen LogP contribution in [0.5, 0.6) is 0 Å². The van der Waals surface area contributed by atoms with Gasteiger partial charge in [-0.25, -0.2) is 18.4 Å². The first-order valence-electron chi connectivity index (χ1n) is 11.5. The number of anilines is 1. The van der Waals surface area contributed by atoms with Crippen LogP contribution in [0.15, 0.2) is 35.9 Å². The Balaban J connectivity index is 1.22. The maximum atomic E-state index is 13.1. The van der Waals surface area contributed by atoms with Gasteiger partial charge in [-0.1, -0.05) is 13.3 Å². The van der Waals surface area contributed by atoms with Crippen molar-refractivity contribution in [1.29, 1.82) is 0 Å². The van der Waals surface area contributed by atoms with Gasteiger partial charge in [-0.2, -0.15) is 5.10 Å². The van der Waals surface area contributed by atoms with Crippen LogP contribution in [0, 0.1) is 0 Å². The molecule has 4 heterocycles. The number of aryl methyl sites for hydroxylation is 1. The van der Waals surface area contributed by atoms with E-state index in [2.05, 4.69) is 25.0 Å². The summed E-state index contributed by atoms with van der Waals surface area (Å²) in [6, 6.07) is 1.99. The van der Waals surface area contributed by atoms with Crippen molar-refractivity contribution in [2.75, 3.05) is 30.3 Å². The molecule has 3 aromatic heterocycles. The number of sulfone groups is 1. The molecule has 10 nitrogen and oxygen atoms in total. The van der Waals surface area contributed by atoms with Gasteiger partial charge in [0.2, 0.25) is 5.91 Å². The van der Waals surface area contributed by atoms with Crippen molar-refractivity contribution < 1.29 is 13.2 Å². The zero-order valence-electron chi connectivity index (χ0n) is 18.8.